The highest BCUT2D eigenvalue weighted by atomic mass is 19.1. The van der Waals surface area contributed by atoms with Gasteiger partial charge in [0.2, 0.25) is 5.78 Å². The number of carbonyl (C=O) groups excluding carboxylic acids is 2. The minimum absolute atomic E-state index is 0.00590. The van der Waals surface area contributed by atoms with Crippen LogP contribution in [0.25, 0.3) is 0 Å². The van der Waals surface area contributed by atoms with Crippen molar-refractivity contribution >= 4 is 17.5 Å². The second-order valence-electron chi connectivity index (χ2n) is 9.60. The first-order valence-electron chi connectivity index (χ1n) is 9.96. The van der Waals surface area contributed by atoms with Gasteiger partial charge < -0.3 is 5.11 Å². The SMILES string of the molecule is CC1C[C@H]2[C@@H]3CC(F)C4=CC(=O)C=C[C@]4(C)[C@H]3CC[C@]2(C)[C@H]1C(=O)C(=O)O. The van der Waals surface area contributed by atoms with Crippen LogP contribution in [0.5, 0.6) is 0 Å². The Morgan fingerprint density at radius 2 is 1.93 bits per heavy atom. The molecule has 3 saturated carbocycles. The third kappa shape index (κ3) is 2.43. The molecule has 0 saturated heterocycles. The Kier molecular flexibility index (Phi) is 4.03. The lowest BCUT2D eigenvalue weighted by Gasteiger charge is -2.57. The monoisotopic (exact) mass is 374 g/mol. The molecule has 5 heteroatoms. The van der Waals surface area contributed by atoms with Crippen molar-refractivity contribution in [2.45, 2.75) is 52.6 Å². The molecule has 2 unspecified atom stereocenters. The van der Waals surface area contributed by atoms with Crippen LogP contribution in [-0.4, -0.2) is 28.8 Å². The van der Waals surface area contributed by atoms with Gasteiger partial charge in [-0.15, -0.1) is 0 Å². The van der Waals surface area contributed by atoms with Crippen LogP contribution in [0, 0.1) is 40.4 Å². The van der Waals surface area contributed by atoms with Crippen LogP contribution in [0.1, 0.15) is 46.5 Å². The van der Waals surface area contributed by atoms with Gasteiger partial charge in [-0.2, -0.15) is 0 Å². The van der Waals surface area contributed by atoms with E-state index < -0.39 is 29.3 Å². The summed E-state index contributed by atoms with van der Waals surface area (Å²) in [6.45, 7) is 6.04. The van der Waals surface area contributed by atoms with Gasteiger partial charge in [-0.3, -0.25) is 9.59 Å². The molecule has 0 radical (unpaired) electrons. The number of alkyl halides is 1. The third-order valence-corrected chi connectivity index (χ3v) is 8.37. The Morgan fingerprint density at radius 1 is 1.22 bits per heavy atom. The molecular weight excluding hydrogens is 347 g/mol. The van der Waals surface area contributed by atoms with Gasteiger partial charge in [-0.05, 0) is 72.5 Å². The summed E-state index contributed by atoms with van der Waals surface area (Å²) in [5, 5.41) is 9.30. The van der Waals surface area contributed by atoms with Crippen molar-refractivity contribution in [2.24, 2.45) is 40.4 Å². The molecule has 27 heavy (non-hydrogen) atoms. The maximum Gasteiger partial charge on any atom is 0.372 e. The summed E-state index contributed by atoms with van der Waals surface area (Å²) in [5.41, 5.74) is -0.249. The van der Waals surface area contributed by atoms with E-state index in [4.69, 9.17) is 0 Å². The second-order valence-corrected chi connectivity index (χ2v) is 9.60. The Morgan fingerprint density at radius 3 is 2.59 bits per heavy atom. The molecule has 4 aliphatic rings. The van der Waals surface area contributed by atoms with E-state index in [0.717, 1.165) is 19.3 Å². The van der Waals surface area contributed by atoms with E-state index in [1.807, 2.05) is 26.8 Å². The molecule has 0 aromatic rings. The maximum atomic E-state index is 15.2. The number of hydrogen-bond donors (Lipinski definition) is 1. The normalized spacial score (nSPS) is 48.3. The van der Waals surface area contributed by atoms with Crippen molar-refractivity contribution in [1.82, 2.24) is 0 Å². The smallest absolute Gasteiger partial charge is 0.372 e. The van der Waals surface area contributed by atoms with Crippen LogP contribution < -0.4 is 0 Å². The predicted molar refractivity (Wildman–Crippen MR) is 97.6 cm³/mol. The molecule has 1 N–H and O–H groups in total. The van der Waals surface area contributed by atoms with Gasteiger partial charge in [0.25, 0.3) is 0 Å². The van der Waals surface area contributed by atoms with Crippen molar-refractivity contribution < 1.29 is 23.9 Å². The number of carboxylic acids is 1. The number of carbonyl (C=O) groups is 3. The zero-order valence-electron chi connectivity index (χ0n) is 16.1. The van der Waals surface area contributed by atoms with Gasteiger partial charge in [0.1, 0.15) is 6.17 Å². The lowest BCUT2D eigenvalue weighted by Crippen LogP contribution is -2.53. The number of aliphatic carboxylic acids is 1. The summed E-state index contributed by atoms with van der Waals surface area (Å²) in [4.78, 5) is 35.6. The molecule has 0 aromatic carbocycles. The van der Waals surface area contributed by atoms with E-state index in [1.54, 1.807) is 6.08 Å². The summed E-state index contributed by atoms with van der Waals surface area (Å²) in [6, 6.07) is 0. The number of allylic oxidation sites excluding steroid dienone is 4. The van der Waals surface area contributed by atoms with Crippen molar-refractivity contribution in [3.05, 3.63) is 23.8 Å². The first kappa shape index (κ1) is 18.6. The first-order chi connectivity index (χ1) is 12.6. The molecular formula is C22H27FO4. The minimum atomic E-state index is -1.35. The van der Waals surface area contributed by atoms with Gasteiger partial charge in [0.15, 0.2) is 5.78 Å². The van der Waals surface area contributed by atoms with Crippen LogP contribution in [-0.2, 0) is 14.4 Å². The lowest BCUT2D eigenvalue weighted by molar-refractivity contribution is -0.155. The minimum Gasteiger partial charge on any atom is -0.475 e. The summed E-state index contributed by atoms with van der Waals surface area (Å²) in [5.74, 6) is -2.21. The topological polar surface area (TPSA) is 71.4 Å². The van der Waals surface area contributed by atoms with Crippen LogP contribution in [0.2, 0.25) is 0 Å². The fourth-order valence-corrected chi connectivity index (χ4v) is 7.26. The molecule has 0 bridgehead atoms. The van der Waals surface area contributed by atoms with E-state index in [0.29, 0.717) is 12.0 Å². The zero-order valence-corrected chi connectivity index (χ0v) is 16.1. The second kappa shape index (κ2) is 5.86. The molecule has 0 aromatic heterocycles. The van der Waals surface area contributed by atoms with Crippen molar-refractivity contribution in [1.29, 1.82) is 0 Å². The summed E-state index contributed by atoms with van der Waals surface area (Å²) < 4.78 is 15.2. The Labute approximate surface area is 158 Å². The average molecular weight is 374 g/mol. The molecule has 4 aliphatic carbocycles. The van der Waals surface area contributed by atoms with Crippen molar-refractivity contribution in [3.8, 4) is 0 Å². The molecule has 0 aliphatic heterocycles. The number of hydrogen-bond acceptors (Lipinski definition) is 3. The highest BCUT2D eigenvalue weighted by Gasteiger charge is 2.63. The Balaban J connectivity index is 1.72. The summed E-state index contributed by atoms with van der Waals surface area (Å²) in [7, 11) is 0. The summed E-state index contributed by atoms with van der Waals surface area (Å²) >= 11 is 0. The highest BCUT2D eigenvalue weighted by molar-refractivity contribution is 6.33. The third-order valence-electron chi connectivity index (χ3n) is 8.37. The zero-order chi connectivity index (χ0) is 19.7. The molecule has 146 valence electrons. The fraction of sp³-hybridized carbons (Fsp3) is 0.682. The van der Waals surface area contributed by atoms with Gasteiger partial charge >= 0.3 is 5.97 Å². The number of ketones is 2. The van der Waals surface area contributed by atoms with Crippen LogP contribution >= 0.6 is 0 Å². The van der Waals surface area contributed by atoms with E-state index >= 15 is 4.39 Å². The molecule has 0 spiro atoms. The largest absolute Gasteiger partial charge is 0.475 e. The van der Waals surface area contributed by atoms with Crippen LogP contribution in [0.3, 0.4) is 0 Å². The molecule has 3 fully saturated rings. The van der Waals surface area contributed by atoms with Gasteiger partial charge in [-0.25, -0.2) is 9.18 Å². The number of halogens is 1. The maximum absolute atomic E-state index is 15.2. The fourth-order valence-electron chi connectivity index (χ4n) is 7.26. The molecule has 0 amide bonds. The van der Waals surface area contributed by atoms with Gasteiger partial charge in [0, 0.05) is 11.3 Å². The Hall–Kier alpha value is -1.78. The standard InChI is InChI=1S/C22H27FO4/c1-11-8-15-13-10-17(23)16-9-12(24)4-6-21(16,2)14(13)5-7-22(15,3)18(11)19(25)20(26)27/h4,6,9,11,13-15,17-18H,5,7-8,10H2,1-3H3,(H,26,27)/t11?,13-,14+,15+,17?,18-,21-,22+/m1/s1. The van der Waals surface area contributed by atoms with E-state index in [1.165, 1.54) is 6.08 Å². The number of Topliss-reactive ketones (excluding diaryl/α,β-unsaturated/α-hetero) is 1. The summed E-state index contributed by atoms with van der Waals surface area (Å²) in [6.07, 6.45) is 6.50. The van der Waals surface area contributed by atoms with Gasteiger partial charge in [-0.1, -0.05) is 26.8 Å². The van der Waals surface area contributed by atoms with E-state index in [9.17, 15) is 19.5 Å². The highest BCUT2D eigenvalue weighted by Crippen LogP contribution is 2.67. The lowest BCUT2D eigenvalue weighted by atomic mass is 9.47. The Bertz CT molecular complexity index is 783. The molecule has 0 heterocycles. The van der Waals surface area contributed by atoms with Gasteiger partial charge in [0.05, 0.1) is 0 Å². The molecule has 4 rings (SSSR count). The first-order valence-corrected chi connectivity index (χ1v) is 9.96. The molecule has 8 atom stereocenters. The van der Waals surface area contributed by atoms with Crippen molar-refractivity contribution in [2.75, 3.05) is 0 Å². The predicted octanol–water partition coefficient (Wildman–Crippen LogP) is 3.76. The van der Waals surface area contributed by atoms with E-state index in [2.05, 4.69) is 0 Å². The van der Waals surface area contributed by atoms with Crippen molar-refractivity contribution in [3.63, 3.8) is 0 Å². The van der Waals surface area contributed by atoms with Crippen LogP contribution in [0.4, 0.5) is 4.39 Å². The number of fused-ring (bicyclic) bond motifs is 5. The van der Waals surface area contributed by atoms with E-state index in [-0.39, 0.29) is 34.9 Å². The number of carboxylic acid groups (broad SMARTS) is 1. The molecule has 4 nitrogen and oxygen atoms in total. The number of rotatable bonds is 2. The quantitative estimate of drug-likeness (QED) is 0.747. The van der Waals surface area contributed by atoms with Crippen LogP contribution in [0.15, 0.2) is 23.8 Å². The average Bonchev–Trinajstić information content (AvgIpc) is 2.86.